The molecule has 1 aromatic carbocycles. The van der Waals surface area contributed by atoms with Crippen LogP contribution in [0.25, 0.3) is 0 Å². The monoisotopic (exact) mass is 263 g/mol. The summed E-state index contributed by atoms with van der Waals surface area (Å²) in [6.07, 6.45) is 1.73. The smallest absolute Gasteiger partial charge is 0.211 e. The largest absolute Gasteiger partial charge is 0.240 e. The lowest BCUT2D eigenvalue weighted by Gasteiger charge is -2.05. The molecule has 0 atom stereocenters. The second-order valence-electron chi connectivity index (χ2n) is 3.65. The molecule has 0 heterocycles. The highest BCUT2D eigenvalue weighted by molar-refractivity contribution is 7.89. The Kier molecular flexibility index (Phi) is 5.31. The topological polar surface area (TPSA) is 93.8 Å². The van der Waals surface area contributed by atoms with Crippen LogP contribution in [0.1, 0.15) is 24.8 Å². The molecule has 0 saturated carbocycles. The highest BCUT2D eigenvalue weighted by Gasteiger charge is 2.12. The maximum Gasteiger partial charge on any atom is 0.240 e. The predicted octanol–water partition coefficient (Wildman–Crippen LogP) is 1.53. The van der Waals surface area contributed by atoms with Crippen LogP contribution < -0.4 is 4.72 Å². The van der Waals surface area contributed by atoms with Crippen LogP contribution in [0.3, 0.4) is 0 Å². The summed E-state index contributed by atoms with van der Waals surface area (Å²) in [5.74, 6) is 0. The highest BCUT2D eigenvalue weighted by Crippen LogP contribution is 2.09. The Balaban J connectivity index is 2.58. The molecule has 0 bridgehead atoms. The van der Waals surface area contributed by atoms with Gasteiger partial charge in [-0.05, 0) is 37.1 Å². The molecule has 6 heteroatoms. The molecule has 0 fully saturated rings. The average molecular weight is 263 g/mol. The molecule has 1 N–H and O–H groups in total. The van der Waals surface area contributed by atoms with Gasteiger partial charge in [0.25, 0.3) is 0 Å². The highest BCUT2D eigenvalue weighted by atomic mass is 32.2. The van der Waals surface area contributed by atoms with Gasteiger partial charge in [0.1, 0.15) is 0 Å². The van der Waals surface area contributed by atoms with Gasteiger partial charge in [0.05, 0.1) is 22.6 Å². The summed E-state index contributed by atoms with van der Waals surface area (Å²) in [6.45, 7) is 0.310. The number of nitrogens with zero attached hydrogens (tertiary/aromatic N) is 2. The minimum atomic E-state index is -3.51. The maximum absolute atomic E-state index is 11.8. The Morgan fingerprint density at radius 3 is 2.33 bits per heavy atom. The van der Waals surface area contributed by atoms with E-state index in [9.17, 15) is 8.42 Å². The van der Waals surface area contributed by atoms with Gasteiger partial charge in [-0.2, -0.15) is 10.5 Å². The van der Waals surface area contributed by atoms with Crippen molar-refractivity contribution in [1.82, 2.24) is 4.72 Å². The number of rotatable bonds is 6. The van der Waals surface area contributed by atoms with Gasteiger partial charge in [0, 0.05) is 13.0 Å². The first kappa shape index (κ1) is 14.2. The van der Waals surface area contributed by atoms with Crippen LogP contribution in [0.5, 0.6) is 0 Å². The van der Waals surface area contributed by atoms with Gasteiger partial charge in [-0.15, -0.1) is 0 Å². The molecule has 94 valence electrons. The number of sulfonamides is 1. The summed E-state index contributed by atoms with van der Waals surface area (Å²) >= 11 is 0. The van der Waals surface area contributed by atoms with E-state index < -0.39 is 10.0 Å². The van der Waals surface area contributed by atoms with Crippen LogP contribution in [0.2, 0.25) is 0 Å². The molecular weight excluding hydrogens is 250 g/mol. The fraction of sp³-hybridized carbons (Fsp3) is 0.333. The zero-order valence-corrected chi connectivity index (χ0v) is 10.6. The van der Waals surface area contributed by atoms with Crippen molar-refractivity contribution in [3.8, 4) is 12.1 Å². The van der Waals surface area contributed by atoms with E-state index in [1.165, 1.54) is 24.3 Å². The predicted molar refractivity (Wildman–Crippen MR) is 65.8 cm³/mol. The molecular formula is C12H13N3O2S. The van der Waals surface area contributed by atoms with Crippen molar-refractivity contribution in [3.63, 3.8) is 0 Å². The molecule has 0 aliphatic carbocycles. The number of hydrogen-bond acceptors (Lipinski definition) is 4. The fourth-order valence-corrected chi connectivity index (χ4v) is 2.40. The van der Waals surface area contributed by atoms with Gasteiger partial charge in [0.15, 0.2) is 0 Å². The van der Waals surface area contributed by atoms with Crippen molar-refractivity contribution in [2.24, 2.45) is 0 Å². The summed E-state index contributed by atoms with van der Waals surface area (Å²) in [4.78, 5) is 0.141. The fourth-order valence-electron chi connectivity index (χ4n) is 1.33. The molecule has 0 aromatic heterocycles. The summed E-state index contributed by atoms with van der Waals surface area (Å²) in [5, 5.41) is 17.0. The van der Waals surface area contributed by atoms with Gasteiger partial charge in [-0.3, -0.25) is 0 Å². The lowest BCUT2D eigenvalue weighted by atomic mass is 10.2. The molecule has 0 spiro atoms. The number of nitriles is 2. The molecule has 0 radical (unpaired) electrons. The van der Waals surface area contributed by atoms with E-state index in [2.05, 4.69) is 4.72 Å². The Bertz CT molecular complexity index is 565. The van der Waals surface area contributed by atoms with Crippen molar-refractivity contribution in [1.29, 1.82) is 10.5 Å². The number of benzene rings is 1. The van der Waals surface area contributed by atoms with Crippen LogP contribution >= 0.6 is 0 Å². The minimum absolute atomic E-state index is 0.141. The van der Waals surface area contributed by atoms with Crippen LogP contribution in [-0.2, 0) is 10.0 Å². The SMILES string of the molecule is N#CCCCCNS(=O)(=O)c1ccc(C#N)cc1. The van der Waals surface area contributed by atoms with E-state index in [-0.39, 0.29) is 4.90 Å². The first-order chi connectivity index (χ1) is 8.60. The maximum atomic E-state index is 11.8. The molecule has 0 aliphatic heterocycles. The molecule has 0 unspecified atom stereocenters. The second-order valence-corrected chi connectivity index (χ2v) is 5.42. The minimum Gasteiger partial charge on any atom is -0.211 e. The standard InChI is InChI=1S/C12H13N3O2S/c13-8-2-1-3-9-15-18(16,17)12-6-4-11(10-14)5-7-12/h4-7,15H,1-3,9H2. The van der Waals surface area contributed by atoms with E-state index in [0.29, 0.717) is 31.4 Å². The van der Waals surface area contributed by atoms with Crippen LogP contribution in [0, 0.1) is 22.7 Å². The third-order valence-electron chi connectivity index (χ3n) is 2.30. The van der Waals surface area contributed by atoms with Crippen molar-refractivity contribution < 1.29 is 8.42 Å². The summed E-state index contributed by atoms with van der Waals surface area (Å²) in [5.41, 5.74) is 0.419. The molecule has 1 rings (SSSR count). The summed E-state index contributed by atoms with van der Waals surface area (Å²) < 4.78 is 26.1. The van der Waals surface area contributed by atoms with Crippen LogP contribution in [-0.4, -0.2) is 15.0 Å². The number of hydrogen-bond donors (Lipinski definition) is 1. The summed E-state index contributed by atoms with van der Waals surface area (Å²) in [6, 6.07) is 9.65. The molecule has 0 amide bonds. The first-order valence-corrected chi connectivity index (χ1v) is 6.95. The normalized spacial score (nSPS) is 10.6. The van der Waals surface area contributed by atoms with Crippen molar-refractivity contribution in [2.75, 3.05) is 6.54 Å². The van der Waals surface area contributed by atoms with E-state index in [4.69, 9.17) is 10.5 Å². The van der Waals surface area contributed by atoms with Crippen molar-refractivity contribution >= 4 is 10.0 Å². The number of nitrogens with one attached hydrogen (secondary N) is 1. The Labute approximate surface area is 107 Å². The lowest BCUT2D eigenvalue weighted by molar-refractivity contribution is 0.577. The quantitative estimate of drug-likeness (QED) is 0.787. The van der Waals surface area contributed by atoms with Crippen molar-refractivity contribution in [3.05, 3.63) is 29.8 Å². The van der Waals surface area contributed by atoms with Gasteiger partial charge in [-0.1, -0.05) is 0 Å². The van der Waals surface area contributed by atoms with E-state index in [0.717, 1.165) is 0 Å². The average Bonchev–Trinajstić information content (AvgIpc) is 2.38. The van der Waals surface area contributed by atoms with Crippen LogP contribution in [0.4, 0.5) is 0 Å². The molecule has 1 aromatic rings. The van der Waals surface area contributed by atoms with E-state index >= 15 is 0 Å². The zero-order valence-electron chi connectivity index (χ0n) is 9.76. The Morgan fingerprint density at radius 2 is 1.78 bits per heavy atom. The molecule has 18 heavy (non-hydrogen) atoms. The second kappa shape index (κ2) is 6.75. The van der Waals surface area contributed by atoms with Gasteiger partial charge in [0.2, 0.25) is 10.0 Å². The van der Waals surface area contributed by atoms with Gasteiger partial charge < -0.3 is 0 Å². The van der Waals surface area contributed by atoms with E-state index in [1.54, 1.807) is 0 Å². The Hall–Kier alpha value is -1.89. The first-order valence-electron chi connectivity index (χ1n) is 5.47. The zero-order chi connectivity index (χ0) is 13.4. The van der Waals surface area contributed by atoms with Gasteiger partial charge >= 0.3 is 0 Å². The van der Waals surface area contributed by atoms with E-state index in [1.807, 2.05) is 12.1 Å². The molecule has 0 saturated heterocycles. The molecule has 0 aliphatic rings. The summed E-state index contributed by atoms with van der Waals surface area (Å²) in [7, 11) is -3.51. The number of unbranched alkanes of at least 4 members (excludes halogenated alkanes) is 2. The van der Waals surface area contributed by atoms with Gasteiger partial charge in [-0.25, -0.2) is 13.1 Å². The van der Waals surface area contributed by atoms with Crippen molar-refractivity contribution in [2.45, 2.75) is 24.2 Å². The Morgan fingerprint density at radius 1 is 1.11 bits per heavy atom. The molecule has 5 nitrogen and oxygen atoms in total. The third-order valence-corrected chi connectivity index (χ3v) is 3.78. The van der Waals surface area contributed by atoms with Crippen LogP contribution in [0.15, 0.2) is 29.2 Å². The third kappa shape index (κ3) is 4.17. The lowest BCUT2D eigenvalue weighted by Crippen LogP contribution is -2.24.